The predicted molar refractivity (Wildman–Crippen MR) is 77.9 cm³/mol. The quantitative estimate of drug-likeness (QED) is 0.511. The van der Waals surface area contributed by atoms with Crippen molar-refractivity contribution in [3.8, 4) is 0 Å². The van der Waals surface area contributed by atoms with Gasteiger partial charge in [0.1, 0.15) is 0 Å². The maximum atomic E-state index is 11.5. The number of quaternary nitrogens is 1. The van der Waals surface area contributed by atoms with Gasteiger partial charge in [0, 0.05) is 13.5 Å². The Morgan fingerprint density at radius 3 is 2.62 bits per heavy atom. The lowest BCUT2D eigenvalue weighted by Crippen LogP contribution is -3.06. The summed E-state index contributed by atoms with van der Waals surface area (Å²) in [6.45, 7) is 2.02. The Hall–Kier alpha value is -1.61. The average molecular weight is 316 g/mol. The molecule has 0 aliphatic heterocycles. The van der Waals surface area contributed by atoms with E-state index in [2.05, 4.69) is 27.8 Å². The minimum atomic E-state index is -0.256. The molecule has 1 heterocycles. The summed E-state index contributed by atoms with van der Waals surface area (Å²) < 4.78 is 5.56. The lowest BCUT2D eigenvalue weighted by atomic mass is 10.2. The van der Waals surface area contributed by atoms with Gasteiger partial charge >= 0.3 is 0 Å². The molecule has 0 bridgehead atoms. The number of hydrogen-bond acceptors (Lipinski definition) is 6. The zero-order chi connectivity index (χ0) is 15.8. The summed E-state index contributed by atoms with van der Waals surface area (Å²) in [5.74, 6) is 0.206. The van der Waals surface area contributed by atoms with E-state index in [4.69, 9.17) is 4.42 Å². The first-order chi connectivity index (χ1) is 9.97. The first-order valence-corrected chi connectivity index (χ1v) is 7.70. The topological polar surface area (TPSA) is 102 Å². The van der Waals surface area contributed by atoms with E-state index in [1.807, 2.05) is 14.1 Å². The van der Waals surface area contributed by atoms with Crippen molar-refractivity contribution in [3.63, 3.8) is 0 Å². The smallest absolute Gasteiger partial charge is 0.277 e. The molecule has 0 aliphatic rings. The van der Waals surface area contributed by atoms with E-state index in [1.54, 1.807) is 0 Å². The summed E-state index contributed by atoms with van der Waals surface area (Å²) in [5.41, 5.74) is 0. The first-order valence-electron chi connectivity index (χ1n) is 6.71. The molecule has 0 aliphatic carbocycles. The number of amides is 2. The molecule has 0 radical (unpaired) electrons. The Balaban J connectivity index is 2.44. The van der Waals surface area contributed by atoms with E-state index in [0.29, 0.717) is 11.1 Å². The summed E-state index contributed by atoms with van der Waals surface area (Å²) >= 11 is 1.15. The Labute approximate surface area is 128 Å². The maximum absolute atomic E-state index is 11.5. The molecule has 0 saturated carbocycles. The van der Waals surface area contributed by atoms with Gasteiger partial charge in [-0.3, -0.25) is 9.59 Å². The van der Waals surface area contributed by atoms with E-state index < -0.39 is 0 Å². The molecule has 0 saturated heterocycles. The SMILES string of the molecule is CC[C@@H](c1nnc(SCC(=O)NCC(=O)NC)o1)[NH+](C)C. The van der Waals surface area contributed by atoms with Crippen LogP contribution in [0.2, 0.25) is 0 Å². The molecule has 118 valence electrons. The zero-order valence-corrected chi connectivity index (χ0v) is 13.5. The molecular formula is C12H22N5O3S+. The van der Waals surface area contributed by atoms with Crippen LogP contribution in [0.25, 0.3) is 0 Å². The molecule has 0 aromatic carbocycles. The third-order valence-electron chi connectivity index (χ3n) is 2.88. The second-order valence-corrected chi connectivity index (χ2v) is 5.61. The second-order valence-electron chi connectivity index (χ2n) is 4.68. The third-order valence-corrected chi connectivity index (χ3v) is 3.70. The van der Waals surface area contributed by atoms with Crippen LogP contribution >= 0.6 is 11.8 Å². The zero-order valence-electron chi connectivity index (χ0n) is 12.7. The summed E-state index contributed by atoms with van der Waals surface area (Å²) in [6.07, 6.45) is 0.890. The minimum absolute atomic E-state index is 0.0348. The van der Waals surface area contributed by atoms with Crippen LogP contribution in [-0.4, -0.2) is 55.5 Å². The highest BCUT2D eigenvalue weighted by atomic mass is 32.2. The molecule has 9 heteroatoms. The number of carbonyl (C=O) groups excluding carboxylic acids is 2. The number of rotatable bonds is 8. The predicted octanol–water partition coefficient (Wildman–Crippen LogP) is -1.38. The molecule has 1 aromatic heterocycles. The number of likely N-dealkylation sites (N-methyl/N-ethyl adjacent to an activating group) is 1. The molecule has 3 N–H and O–H groups in total. The van der Waals surface area contributed by atoms with Crippen molar-refractivity contribution in [3.05, 3.63) is 5.89 Å². The van der Waals surface area contributed by atoms with Gasteiger partial charge in [0.25, 0.3) is 11.1 Å². The van der Waals surface area contributed by atoms with Crippen molar-refractivity contribution < 1.29 is 18.9 Å². The van der Waals surface area contributed by atoms with Crippen molar-refractivity contribution in [1.29, 1.82) is 0 Å². The van der Waals surface area contributed by atoms with Crippen molar-refractivity contribution >= 4 is 23.6 Å². The fraction of sp³-hybridized carbons (Fsp3) is 0.667. The van der Waals surface area contributed by atoms with Crippen molar-refractivity contribution in [2.45, 2.75) is 24.6 Å². The average Bonchev–Trinajstić information content (AvgIpc) is 2.91. The Morgan fingerprint density at radius 1 is 1.33 bits per heavy atom. The lowest BCUT2D eigenvalue weighted by Gasteiger charge is -2.15. The van der Waals surface area contributed by atoms with Gasteiger partial charge in [-0.2, -0.15) is 0 Å². The molecule has 21 heavy (non-hydrogen) atoms. The van der Waals surface area contributed by atoms with Crippen LogP contribution in [0.15, 0.2) is 9.64 Å². The van der Waals surface area contributed by atoms with Crippen molar-refractivity contribution in [2.24, 2.45) is 0 Å². The van der Waals surface area contributed by atoms with Gasteiger partial charge in [-0.05, 0) is 0 Å². The minimum Gasteiger partial charge on any atom is -0.410 e. The number of carbonyl (C=O) groups is 2. The second kappa shape index (κ2) is 8.63. The van der Waals surface area contributed by atoms with E-state index in [1.165, 1.54) is 11.9 Å². The molecule has 0 unspecified atom stereocenters. The molecule has 8 nitrogen and oxygen atoms in total. The van der Waals surface area contributed by atoms with Gasteiger partial charge in [0.15, 0.2) is 6.04 Å². The Kier molecular flexibility index (Phi) is 7.17. The highest BCUT2D eigenvalue weighted by molar-refractivity contribution is 7.99. The largest absolute Gasteiger partial charge is 0.410 e. The van der Waals surface area contributed by atoms with Crippen LogP contribution in [-0.2, 0) is 9.59 Å². The lowest BCUT2D eigenvalue weighted by molar-refractivity contribution is -0.894. The van der Waals surface area contributed by atoms with Crippen LogP contribution in [0.5, 0.6) is 0 Å². The van der Waals surface area contributed by atoms with Crippen LogP contribution in [0.3, 0.4) is 0 Å². The summed E-state index contributed by atoms with van der Waals surface area (Å²) in [6, 6.07) is 0.147. The fourth-order valence-corrected chi connectivity index (χ4v) is 2.29. The molecule has 0 spiro atoms. The summed E-state index contributed by atoms with van der Waals surface area (Å²) in [7, 11) is 5.56. The maximum Gasteiger partial charge on any atom is 0.277 e. The molecule has 1 rings (SSSR count). The number of nitrogens with zero attached hydrogens (tertiary/aromatic N) is 2. The van der Waals surface area contributed by atoms with E-state index in [9.17, 15) is 9.59 Å². The Bertz CT molecular complexity index is 477. The highest BCUT2D eigenvalue weighted by Gasteiger charge is 2.22. The van der Waals surface area contributed by atoms with Crippen LogP contribution in [0, 0.1) is 0 Å². The van der Waals surface area contributed by atoms with Crippen molar-refractivity contribution in [2.75, 3.05) is 33.4 Å². The molecule has 1 aromatic rings. The van der Waals surface area contributed by atoms with Gasteiger partial charge in [0.05, 0.1) is 26.4 Å². The summed E-state index contributed by atoms with van der Waals surface area (Å²) in [5, 5.41) is 13.2. The van der Waals surface area contributed by atoms with E-state index in [-0.39, 0.29) is 30.2 Å². The molecule has 2 amide bonds. The highest BCUT2D eigenvalue weighted by Crippen LogP contribution is 2.19. The van der Waals surface area contributed by atoms with Crippen LogP contribution in [0.4, 0.5) is 0 Å². The van der Waals surface area contributed by atoms with Gasteiger partial charge in [-0.15, -0.1) is 10.2 Å². The van der Waals surface area contributed by atoms with E-state index in [0.717, 1.165) is 18.2 Å². The van der Waals surface area contributed by atoms with Gasteiger partial charge in [-0.1, -0.05) is 18.7 Å². The monoisotopic (exact) mass is 316 g/mol. The van der Waals surface area contributed by atoms with Gasteiger partial charge in [-0.25, -0.2) is 0 Å². The number of aromatic nitrogens is 2. The van der Waals surface area contributed by atoms with Gasteiger partial charge < -0.3 is 20.0 Å². The van der Waals surface area contributed by atoms with Gasteiger partial charge in [0.2, 0.25) is 11.8 Å². The Morgan fingerprint density at radius 2 is 2.05 bits per heavy atom. The van der Waals surface area contributed by atoms with Crippen LogP contribution < -0.4 is 15.5 Å². The third kappa shape index (κ3) is 5.72. The fourth-order valence-electron chi connectivity index (χ4n) is 1.69. The molecular weight excluding hydrogens is 294 g/mol. The van der Waals surface area contributed by atoms with Crippen molar-refractivity contribution in [1.82, 2.24) is 20.8 Å². The molecule has 1 atom stereocenters. The number of nitrogens with one attached hydrogen (secondary N) is 3. The number of hydrogen-bond donors (Lipinski definition) is 3. The molecule has 0 fully saturated rings. The van der Waals surface area contributed by atoms with E-state index >= 15 is 0 Å². The first kappa shape index (κ1) is 17.4. The number of thioether (sulfide) groups is 1. The normalized spacial score (nSPS) is 12.2. The van der Waals surface area contributed by atoms with Crippen LogP contribution in [0.1, 0.15) is 25.3 Å². The summed E-state index contributed by atoms with van der Waals surface area (Å²) in [4.78, 5) is 23.7. The standard InChI is InChI=1S/C12H21N5O3S/c1-5-8(17(3)4)11-15-16-12(20-11)21-7-10(19)14-6-9(18)13-2/h8H,5-7H2,1-4H3,(H,13,18)(H,14,19)/p+1/t8-/m0/s1.